The van der Waals surface area contributed by atoms with Gasteiger partial charge in [-0.1, -0.05) is 65.0 Å². The maximum absolute atomic E-state index is 6.29. The molecule has 0 radical (unpaired) electrons. The first-order chi connectivity index (χ1) is 17.1. The number of pyridine rings is 1. The lowest BCUT2D eigenvalue weighted by molar-refractivity contribution is 0.408. The Labute approximate surface area is 214 Å². The van der Waals surface area contributed by atoms with Gasteiger partial charge >= 0.3 is 0 Å². The van der Waals surface area contributed by atoms with Gasteiger partial charge in [0.05, 0.1) is 7.11 Å². The Morgan fingerprint density at radius 1 is 0.639 bits per heavy atom. The van der Waals surface area contributed by atoms with E-state index in [0.717, 1.165) is 40.9 Å². The zero-order chi connectivity index (χ0) is 25.8. The molecule has 0 fully saturated rings. The predicted octanol–water partition coefficient (Wildman–Crippen LogP) is 8.49. The number of hydrogen-bond acceptors (Lipinski definition) is 4. The van der Waals surface area contributed by atoms with Gasteiger partial charge in [-0.05, 0) is 65.4 Å². The third-order valence-corrected chi connectivity index (χ3v) is 6.16. The van der Waals surface area contributed by atoms with Crippen molar-refractivity contribution in [3.63, 3.8) is 0 Å². The van der Waals surface area contributed by atoms with Gasteiger partial charge in [0, 0.05) is 29.4 Å². The van der Waals surface area contributed by atoms with E-state index in [1.165, 1.54) is 11.1 Å². The van der Waals surface area contributed by atoms with Gasteiger partial charge in [0.15, 0.2) is 0 Å². The molecule has 0 saturated carbocycles. The molecule has 0 saturated heterocycles. The largest absolute Gasteiger partial charge is 0.497 e. The van der Waals surface area contributed by atoms with Crippen LogP contribution in [0.4, 0.5) is 0 Å². The molecule has 0 aliphatic heterocycles. The number of para-hydroxylation sites is 1. The molecule has 36 heavy (non-hydrogen) atoms. The molecule has 3 aromatic carbocycles. The fraction of sp³-hybridized carbons (Fsp3) is 0.281. The van der Waals surface area contributed by atoms with E-state index in [9.17, 15) is 0 Å². The zero-order valence-corrected chi connectivity index (χ0v) is 22.0. The normalized spacial score (nSPS) is 11.7. The van der Waals surface area contributed by atoms with Crippen molar-refractivity contribution in [1.82, 2.24) is 4.98 Å². The van der Waals surface area contributed by atoms with E-state index >= 15 is 0 Å². The predicted molar refractivity (Wildman–Crippen MR) is 146 cm³/mol. The van der Waals surface area contributed by atoms with E-state index in [4.69, 9.17) is 19.2 Å². The summed E-state index contributed by atoms with van der Waals surface area (Å²) in [5.41, 5.74) is 3.16. The molecule has 4 nitrogen and oxygen atoms in total. The Balaban J connectivity index is 1.62. The van der Waals surface area contributed by atoms with Crippen molar-refractivity contribution in [3.8, 4) is 28.7 Å². The lowest BCUT2D eigenvalue weighted by Gasteiger charge is -2.27. The molecule has 0 N–H and O–H groups in total. The average Bonchev–Trinajstić information content (AvgIpc) is 2.84. The van der Waals surface area contributed by atoms with Gasteiger partial charge in [0.25, 0.3) is 0 Å². The minimum Gasteiger partial charge on any atom is -0.497 e. The van der Waals surface area contributed by atoms with Crippen molar-refractivity contribution in [2.75, 3.05) is 7.11 Å². The van der Waals surface area contributed by atoms with Crippen LogP contribution in [0.25, 0.3) is 0 Å². The molecule has 0 aliphatic rings. The van der Waals surface area contributed by atoms with Gasteiger partial charge in [-0.15, -0.1) is 0 Å². The number of benzene rings is 3. The molecular formula is C32H35NO3. The average molecular weight is 482 g/mol. The maximum atomic E-state index is 6.29. The van der Waals surface area contributed by atoms with Crippen LogP contribution in [0.1, 0.15) is 51.4 Å². The monoisotopic (exact) mass is 481 g/mol. The molecule has 1 heterocycles. The van der Waals surface area contributed by atoms with Crippen LogP contribution in [0.3, 0.4) is 0 Å². The molecule has 1 aromatic heterocycles. The summed E-state index contributed by atoms with van der Waals surface area (Å²) in [6.45, 7) is 11.1. The number of nitrogens with zero attached hydrogens (tertiary/aromatic N) is 1. The van der Waals surface area contributed by atoms with Gasteiger partial charge in [0.1, 0.15) is 28.7 Å². The highest BCUT2D eigenvalue weighted by Crippen LogP contribution is 2.35. The van der Waals surface area contributed by atoms with E-state index in [-0.39, 0.29) is 10.8 Å². The maximum Gasteiger partial charge on any atom is 0.131 e. The molecule has 0 amide bonds. The number of aromatic nitrogens is 1. The van der Waals surface area contributed by atoms with Crippen LogP contribution in [0.5, 0.6) is 28.7 Å². The minimum absolute atomic E-state index is 0.0195. The summed E-state index contributed by atoms with van der Waals surface area (Å²) in [6, 6.07) is 28.0. The quantitative estimate of drug-likeness (QED) is 0.253. The van der Waals surface area contributed by atoms with E-state index in [1.54, 1.807) is 7.11 Å². The van der Waals surface area contributed by atoms with E-state index in [1.807, 2.05) is 72.9 Å². The SMILES string of the molecule is COc1cccc(Oc2cc(CC(C)(C)c3cc(Oc4ccccc4)ccn3)cc(C(C)(C)C)c2)c1. The van der Waals surface area contributed by atoms with Crippen LogP contribution in [-0.4, -0.2) is 12.1 Å². The number of methoxy groups -OCH3 is 1. The van der Waals surface area contributed by atoms with Crippen LogP contribution >= 0.6 is 0 Å². The standard InChI is InChI=1S/C32H35NO3/c1-31(2,3)24-17-23(18-29(19-24)36-27-14-10-13-26(20-27)34-6)22-32(4,5)30-21-28(15-16-33-30)35-25-11-8-7-9-12-25/h7-21H,22H2,1-6H3. The van der Waals surface area contributed by atoms with Crippen molar-refractivity contribution < 1.29 is 14.2 Å². The smallest absolute Gasteiger partial charge is 0.131 e. The molecule has 4 aromatic rings. The van der Waals surface area contributed by atoms with Gasteiger partial charge < -0.3 is 14.2 Å². The van der Waals surface area contributed by atoms with Crippen molar-refractivity contribution in [2.45, 2.75) is 51.9 Å². The molecule has 0 bridgehead atoms. The summed E-state index contributed by atoms with van der Waals surface area (Å²) in [7, 11) is 1.66. The first kappa shape index (κ1) is 25.3. The van der Waals surface area contributed by atoms with Crippen LogP contribution in [0, 0.1) is 0 Å². The molecule has 0 aliphatic carbocycles. The zero-order valence-electron chi connectivity index (χ0n) is 22.0. The van der Waals surface area contributed by atoms with E-state index in [2.05, 4.69) is 52.8 Å². The van der Waals surface area contributed by atoms with Gasteiger partial charge in [-0.2, -0.15) is 0 Å². The van der Waals surface area contributed by atoms with Gasteiger partial charge in [-0.3, -0.25) is 4.98 Å². The Morgan fingerprint density at radius 2 is 1.31 bits per heavy atom. The van der Waals surface area contributed by atoms with Crippen LogP contribution in [0.15, 0.2) is 91.1 Å². The second-order valence-electron chi connectivity index (χ2n) is 10.7. The highest BCUT2D eigenvalue weighted by atomic mass is 16.5. The number of rotatable bonds is 8. The summed E-state index contributed by atoms with van der Waals surface area (Å²) in [6.07, 6.45) is 2.62. The first-order valence-corrected chi connectivity index (χ1v) is 12.3. The summed E-state index contributed by atoms with van der Waals surface area (Å²) >= 11 is 0. The molecule has 0 spiro atoms. The second kappa shape index (κ2) is 10.4. The highest BCUT2D eigenvalue weighted by Gasteiger charge is 2.25. The fourth-order valence-corrected chi connectivity index (χ4v) is 4.13. The van der Waals surface area contributed by atoms with Crippen LogP contribution in [0.2, 0.25) is 0 Å². The van der Waals surface area contributed by atoms with Gasteiger partial charge in [-0.25, -0.2) is 0 Å². The summed E-state index contributed by atoms with van der Waals surface area (Å²) in [5.74, 6) is 3.92. The lowest BCUT2D eigenvalue weighted by atomic mass is 9.79. The van der Waals surface area contributed by atoms with Crippen molar-refractivity contribution in [3.05, 3.63) is 108 Å². The van der Waals surface area contributed by atoms with Crippen LogP contribution in [-0.2, 0) is 17.3 Å². The number of hydrogen-bond donors (Lipinski definition) is 0. The molecule has 0 atom stereocenters. The second-order valence-corrected chi connectivity index (χ2v) is 10.7. The molecule has 4 rings (SSSR count). The van der Waals surface area contributed by atoms with Crippen molar-refractivity contribution in [1.29, 1.82) is 0 Å². The first-order valence-electron chi connectivity index (χ1n) is 12.3. The Bertz CT molecular complexity index is 1310. The summed E-state index contributed by atoms with van der Waals surface area (Å²) in [5, 5.41) is 0. The van der Waals surface area contributed by atoms with Crippen molar-refractivity contribution in [2.24, 2.45) is 0 Å². The Morgan fingerprint density at radius 3 is 2.03 bits per heavy atom. The van der Waals surface area contributed by atoms with E-state index < -0.39 is 0 Å². The molecule has 186 valence electrons. The Kier molecular flexibility index (Phi) is 7.35. The Hall–Kier alpha value is -3.79. The van der Waals surface area contributed by atoms with Crippen molar-refractivity contribution >= 4 is 0 Å². The summed E-state index contributed by atoms with van der Waals surface area (Å²) < 4.78 is 17.7. The molecule has 4 heteroatoms. The third kappa shape index (κ3) is 6.45. The molecular weight excluding hydrogens is 446 g/mol. The highest BCUT2D eigenvalue weighted by molar-refractivity contribution is 5.43. The van der Waals surface area contributed by atoms with Gasteiger partial charge in [0.2, 0.25) is 0 Å². The van der Waals surface area contributed by atoms with Crippen LogP contribution < -0.4 is 14.2 Å². The fourth-order valence-electron chi connectivity index (χ4n) is 4.13. The molecule has 0 unspecified atom stereocenters. The topological polar surface area (TPSA) is 40.6 Å². The summed E-state index contributed by atoms with van der Waals surface area (Å²) in [4.78, 5) is 4.70. The minimum atomic E-state index is -0.222. The lowest BCUT2D eigenvalue weighted by Crippen LogP contribution is -2.22. The third-order valence-electron chi connectivity index (χ3n) is 6.16. The number of ether oxygens (including phenoxy) is 3. The van der Waals surface area contributed by atoms with E-state index in [0.29, 0.717) is 0 Å².